The van der Waals surface area contributed by atoms with Crippen molar-refractivity contribution in [2.45, 2.75) is 26.3 Å². The molecular formula is C13H17ClN4OS. The van der Waals surface area contributed by atoms with Gasteiger partial charge in [0.2, 0.25) is 0 Å². The highest BCUT2D eigenvalue weighted by atomic mass is 35.5. The topological polar surface area (TPSA) is 51.0 Å². The molecule has 0 unspecified atom stereocenters. The summed E-state index contributed by atoms with van der Waals surface area (Å²) in [5.74, 6) is 0.389. The number of nitrogens with zero attached hydrogens (tertiary/aromatic N) is 4. The first-order chi connectivity index (χ1) is 9.67. The predicted octanol–water partition coefficient (Wildman–Crippen LogP) is 2.33. The lowest BCUT2D eigenvalue weighted by Crippen LogP contribution is -2.28. The third kappa shape index (κ3) is 3.37. The minimum absolute atomic E-state index is 0.114. The van der Waals surface area contributed by atoms with E-state index in [9.17, 15) is 4.79 Å². The first-order valence-electron chi connectivity index (χ1n) is 6.49. The van der Waals surface area contributed by atoms with Crippen LogP contribution in [-0.2, 0) is 12.4 Å². The lowest BCUT2D eigenvalue weighted by molar-refractivity contribution is 0.633. The Kier molecular flexibility index (Phi) is 5.14. The van der Waals surface area contributed by atoms with Gasteiger partial charge in [0.25, 0.3) is 5.56 Å². The maximum atomic E-state index is 12.1. The highest BCUT2D eigenvalue weighted by molar-refractivity contribution is 7.09. The van der Waals surface area contributed by atoms with Crippen LogP contribution in [0.2, 0.25) is 0 Å². The molecule has 0 saturated carbocycles. The zero-order chi connectivity index (χ0) is 14.5. The van der Waals surface area contributed by atoms with Gasteiger partial charge in [-0.3, -0.25) is 4.79 Å². The molecule has 0 bridgehead atoms. The number of hydrogen-bond acceptors (Lipinski definition) is 5. The van der Waals surface area contributed by atoms with Crippen molar-refractivity contribution in [3.8, 4) is 0 Å². The van der Waals surface area contributed by atoms with Crippen molar-refractivity contribution in [1.29, 1.82) is 0 Å². The Morgan fingerprint density at radius 3 is 2.70 bits per heavy atom. The summed E-state index contributed by atoms with van der Waals surface area (Å²) < 4.78 is 1.42. The molecule has 0 atom stereocenters. The first-order valence-corrected chi connectivity index (χ1v) is 7.90. The molecule has 0 aliphatic rings. The number of hydrogen-bond donors (Lipinski definition) is 0. The summed E-state index contributed by atoms with van der Waals surface area (Å²) in [6.45, 7) is 6.20. The van der Waals surface area contributed by atoms with Gasteiger partial charge in [-0.15, -0.1) is 22.9 Å². The Hall–Kier alpha value is -1.40. The molecule has 0 saturated heterocycles. The molecule has 2 rings (SSSR count). The number of alkyl halides is 1. The molecule has 2 aromatic heterocycles. The van der Waals surface area contributed by atoms with Crippen LogP contribution < -0.4 is 10.5 Å². The molecule has 0 amide bonds. The molecule has 2 heterocycles. The zero-order valence-corrected chi connectivity index (χ0v) is 13.1. The highest BCUT2D eigenvalue weighted by Crippen LogP contribution is 2.13. The molecular weight excluding hydrogens is 296 g/mol. The van der Waals surface area contributed by atoms with Crippen molar-refractivity contribution in [2.24, 2.45) is 0 Å². The van der Waals surface area contributed by atoms with Gasteiger partial charge in [0.1, 0.15) is 5.01 Å². The Morgan fingerprint density at radius 2 is 2.15 bits per heavy atom. The van der Waals surface area contributed by atoms with Crippen molar-refractivity contribution < 1.29 is 0 Å². The SMILES string of the molecule is CCN(CC)c1cnn(Cc2nc(CCl)cs2)c(=O)c1. The van der Waals surface area contributed by atoms with Gasteiger partial charge in [-0.1, -0.05) is 0 Å². The van der Waals surface area contributed by atoms with Crippen LogP contribution in [0.4, 0.5) is 5.69 Å². The maximum Gasteiger partial charge on any atom is 0.269 e. The van der Waals surface area contributed by atoms with Crippen LogP contribution in [0, 0.1) is 0 Å². The minimum atomic E-state index is -0.114. The van der Waals surface area contributed by atoms with Gasteiger partial charge in [-0.25, -0.2) is 9.67 Å². The molecule has 0 fully saturated rings. The number of anilines is 1. The van der Waals surface area contributed by atoms with Crippen LogP contribution in [0.25, 0.3) is 0 Å². The molecule has 7 heteroatoms. The smallest absolute Gasteiger partial charge is 0.269 e. The molecule has 2 aromatic rings. The van der Waals surface area contributed by atoms with Gasteiger partial charge in [0.15, 0.2) is 0 Å². The van der Waals surface area contributed by atoms with Crippen molar-refractivity contribution in [3.05, 3.63) is 38.7 Å². The summed E-state index contributed by atoms with van der Waals surface area (Å²) in [5, 5.41) is 6.96. The van der Waals surface area contributed by atoms with E-state index in [-0.39, 0.29) is 5.56 Å². The number of rotatable bonds is 6. The minimum Gasteiger partial charge on any atom is -0.371 e. The van der Waals surface area contributed by atoms with Crippen LogP contribution in [0.5, 0.6) is 0 Å². The van der Waals surface area contributed by atoms with Crippen molar-refractivity contribution in [1.82, 2.24) is 14.8 Å². The van der Waals surface area contributed by atoms with E-state index in [1.165, 1.54) is 16.0 Å². The molecule has 0 spiro atoms. The van der Waals surface area contributed by atoms with Crippen molar-refractivity contribution in [3.63, 3.8) is 0 Å². The summed E-state index contributed by atoms with van der Waals surface area (Å²) in [5.41, 5.74) is 1.58. The standard InChI is InChI=1S/C13H17ClN4OS/c1-3-17(4-2)11-5-13(19)18(15-7-11)8-12-16-10(6-14)9-20-12/h5,7,9H,3-4,6,8H2,1-2H3. The fourth-order valence-electron chi connectivity index (χ4n) is 1.92. The molecule has 0 radical (unpaired) electrons. The van der Waals surface area contributed by atoms with Crippen molar-refractivity contribution >= 4 is 28.6 Å². The fourth-order valence-corrected chi connectivity index (χ4v) is 2.92. The number of aromatic nitrogens is 3. The van der Waals surface area contributed by atoms with Gasteiger partial charge < -0.3 is 4.90 Å². The Labute approximate surface area is 126 Å². The maximum absolute atomic E-state index is 12.1. The molecule has 20 heavy (non-hydrogen) atoms. The predicted molar refractivity (Wildman–Crippen MR) is 82.8 cm³/mol. The molecule has 0 N–H and O–H groups in total. The second kappa shape index (κ2) is 6.85. The largest absolute Gasteiger partial charge is 0.371 e. The highest BCUT2D eigenvalue weighted by Gasteiger charge is 2.08. The molecule has 0 aliphatic heterocycles. The van der Waals surface area contributed by atoms with Crippen LogP contribution in [0.15, 0.2) is 22.4 Å². The van der Waals surface area contributed by atoms with E-state index < -0.39 is 0 Å². The normalized spacial score (nSPS) is 10.8. The first kappa shape index (κ1) is 15.0. The van der Waals surface area contributed by atoms with Crippen LogP contribution >= 0.6 is 22.9 Å². The van der Waals surface area contributed by atoms with E-state index in [4.69, 9.17) is 11.6 Å². The summed E-state index contributed by atoms with van der Waals surface area (Å²) in [6, 6.07) is 1.62. The van der Waals surface area contributed by atoms with E-state index in [2.05, 4.69) is 28.8 Å². The quantitative estimate of drug-likeness (QED) is 0.768. The number of halogens is 1. The van der Waals surface area contributed by atoms with E-state index in [0.29, 0.717) is 12.4 Å². The van der Waals surface area contributed by atoms with E-state index in [1.54, 1.807) is 12.3 Å². The zero-order valence-electron chi connectivity index (χ0n) is 11.5. The van der Waals surface area contributed by atoms with Crippen molar-refractivity contribution in [2.75, 3.05) is 18.0 Å². The lowest BCUT2D eigenvalue weighted by Gasteiger charge is -2.20. The van der Waals surface area contributed by atoms with Crippen LogP contribution in [0.3, 0.4) is 0 Å². The molecule has 0 aromatic carbocycles. The average Bonchev–Trinajstić information content (AvgIpc) is 2.91. The molecule has 0 aliphatic carbocycles. The van der Waals surface area contributed by atoms with E-state index in [1.807, 2.05) is 5.38 Å². The lowest BCUT2D eigenvalue weighted by atomic mass is 10.4. The van der Waals surface area contributed by atoms with Crippen LogP contribution in [-0.4, -0.2) is 27.9 Å². The third-order valence-corrected chi connectivity index (χ3v) is 4.16. The monoisotopic (exact) mass is 312 g/mol. The Bertz CT molecular complexity index is 621. The number of thiazole rings is 1. The van der Waals surface area contributed by atoms with Gasteiger partial charge >= 0.3 is 0 Å². The Balaban J connectivity index is 2.19. The molecule has 5 nitrogen and oxygen atoms in total. The summed E-state index contributed by atoms with van der Waals surface area (Å²) in [7, 11) is 0. The van der Waals surface area contributed by atoms with Gasteiger partial charge in [0, 0.05) is 24.5 Å². The summed E-state index contributed by atoms with van der Waals surface area (Å²) in [4.78, 5) is 18.5. The summed E-state index contributed by atoms with van der Waals surface area (Å²) in [6.07, 6.45) is 1.73. The van der Waals surface area contributed by atoms with E-state index >= 15 is 0 Å². The average molecular weight is 313 g/mol. The van der Waals surface area contributed by atoms with Gasteiger partial charge in [0.05, 0.1) is 30.0 Å². The second-order valence-electron chi connectivity index (χ2n) is 4.25. The van der Waals surface area contributed by atoms with Gasteiger partial charge in [-0.2, -0.15) is 5.10 Å². The van der Waals surface area contributed by atoms with Crippen LogP contribution in [0.1, 0.15) is 24.5 Å². The molecule has 108 valence electrons. The Morgan fingerprint density at radius 1 is 1.40 bits per heavy atom. The van der Waals surface area contributed by atoms with Gasteiger partial charge in [-0.05, 0) is 13.8 Å². The summed E-state index contributed by atoms with van der Waals surface area (Å²) >= 11 is 7.21. The third-order valence-electron chi connectivity index (χ3n) is 3.00. The van der Waals surface area contributed by atoms with E-state index in [0.717, 1.165) is 29.5 Å². The second-order valence-corrected chi connectivity index (χ2v) is 5.46. The fraction of sp³-hybridized carbons (Fsp3) is 0.462.